The summed E-state index contributed by atoms with van der Waals surface area (Å²) in [7, 11) is 0. The number of aliphatic hydroxyl groups excluding tert-OH is 1. The Morgan fingerprint density at radius 2 is 2.20 bits per heavy atom. The van der Waals surface area contributed by atoms with Gasteiger partial charge in [-0.05, 0) is 37.1 Å². The van der Waals surface area contributed by atoms with Crippen molar-refractivity contribution in [1.29, 1.82) is 5.26 Å². The Morgan fingerprint density at radius 1 is 1.45 bits per heavy atom. The van der Waals surface area contributed by atoms with Gasteiger partial charge in [0.25, 0.3) is 0 Å². The minimum Gasteiger partial charge on any atom is -0.395 e. The third-order valence-electron chi connectivity index (χ3n) is 3.58. The number of nitrogens with zero attached hydrogens (tertiary/aromatic N) is 2. The van der Waals surface area contributed by atoms with E-state index in [0.717, 1.165) is 30.6 Å². The zero-order valence-electron chi connectivity index (χ0n) is 11.4. The number of hydrogen-bond donors (Lipinski definition) is 2. The highest BCUT2D eigenvalue weighted by molar-refractivity contribution is 5.92. The highest BCUT2D eigenvalue weighted by Crippen LogP contribution is 2.16. The van der Waals surface area contributed by atoms with Crippen LogP contribution in [0.15, 0.2) is 24.3 Å². The second kappa shape index (κ2) is 7.04. The summed E-state index contributed by atoms with van der Waals surface area (Å²) in [5, 5.41) is 20.7. The number of nitrogens with one attached hydrogen (secondary N) is 1. The van der Waals surface area contributed by atoms with Crippen LogP contribution in [-0.4, -0.2) is 41.7 Å². The summed E-state index contributed by atoms with van der Waals surface area (Å²) in [6.45, 7) is 1.28. The van der Waals surface area contributed by atoms with Crippen molar-refractivity contribution in [3.8, 4) is 6.07 Å². The number of hydrogen-bond acceptors (Lipinski definition) is 4. The fourth-order valence-corrected chi connectivity index (χ4v) is 2.49. The normalized spacial score (nSPS) is 18.7. The summed E-state index contributed by atoms with van der Waals surface area (Å²) in [4.78, 5) is 14.0. The van der Waals surface area contributed by atoms with Gasteiger partial charge in [-0.3, -0.25) is 9.69 Å². The van der Waals surface area contributed by atoms with Crippen molar-refractivity contribution >= 4 is 11.6 Å². The van der Waals surface area contributed by atoms with Crippen LogP contribution in [0.4, 0.5) is 5.69 Å². The Morgan fingerprint density at radius 3 is 2.85 bits per heavy atom. The predicted octanol–water partition coefficient (Wildman–Crippen LogP) is 1.15. The van der Waals surface area contributed by atoms with Crippen molar-refractivity contribution < 1.29 is 9.90 Å². The van der Waals surface area contributed by atoms with E-state index >= 15 is 0 Å². The molecule has 1 amide bonds. The minimum atomic E-state index is -0.0709. The number of aliphatic hydroxyl groups is 1. The third kappa shape index (κ3) is 3.80. The molecule has 1 fully saturated rings. The van der Waals surface area contributed by atoms with Crippen LogP contribution in [0.1, 0.15) is 18.4 Å². The fraction of sp³-hybridized carbons (Fsp3) is 0.467. The summed E-state index contributed by atoms with van der Waals surface area (Å²) in [6.07, 6.45) is 2.36. The second-order valence-electron chi connectivity index (χ2n) is 5.03. The average Bonchev–Trinajstić information content (AvgIpc) is 2.88. The van der Waals surface area contributed by atoms with Crippen LogP contribution in [0.25, 0.3) is 0 Å². The molecule has 0 spiro atoms. The molecule has 106 valence electrons. The highest BCUT2D eigenvalue weighted by Gasteiger charge is 2.25. The summed E-state index contributed by atoms with van der Waals surface area (Å²) < 4.78 is 0. The molecule has 0 unspecified atom stereocenters. The lowest BCUT2D eigenvalue weighted by Gasteiger charge is -2.21. The van der Waals surface area contributed by atoms with E-state index in [0.29, 0.717) is 13.0 Å². The van der Waals surface area contributed by atoms with E-state index in [9.17, 15) is 9.90 Å². The van der Waals surface area contributed by atoms with E-state index in [2.05, 4.69) is 11.4 Å². The van der Waals surface area contributed by atoms with Gasteiger partial charge < -0.3 is 10.4 Å². The second-order valence-corrected chi connectivity index (χ2v) is 5.03. The molecule has 0 aromatic heterocycles. The molecule has 2 rings (SSSR count). The molecule has 0 radical (unpaired) electrons. The zero-order chi connectivity index (χ0) is 14.4. The van der Waals surface area contributed by atoms with Crippen LogP contribution in [0.3, 0.4) is 0 Å². The van der Waals surface area contributed by atoms with Crippen LogP contribution >= 0.6 is 0 Å². The first kappa shape index (κ1) is 14.5. The van der Waals surface area contributed by atoms with E-state index in [4.69, 9.17) is 5.26 Å². The van der Waals surface area contributed by atoms with Crippen molar-refractivity contribution in [2.45, 2.75) is 25.3 Å². The van der Waals surface area contributed by atoms with Gasteiger partial charge in [0, 0.05) is 11.7 Å². The summed E-state index contributed by atoms with van der Waals surface area (Å²) in [5.41, 5.74) is 1.67. The monoisotopic (exact) mass is 273 g/mol. The molecule has 1 aliphatic heterocycles. The summed E-state index contributed by atoms with van der Waals surface area (Å²) in [5.74, 6) is -0.0709. The van der Waals surface area contributed by atoms with Gasteiger partial charge in [-0.1, -0.05) is 12.1 Å². The van der Waals surface area contributed by atoms with E-state index in [1.54, 1.807) is 12.1 Å². The standard InChI is InChI=1S/C15H19N3O2/c16-8-7-12-3-5-13(6-4-12)17-15(20)10-18-9-1-2-14(18)11-19/h3-6,14,19H,1-2,7,9-11H2,(H,17,20)/t14-/m0/s1. The summed E-state index contributed by atoms with van der Waals surface area (Å²) >= 11 is 0. The van der Waals surface area contributed by atoms with Gasteiger partial charge in [0.15, 0.2) is 0 Å². The zero-order valence-corrected chi connectivity index (χ0v) is 11.4. The van der Waals surface area contributed by atoms with Gasteiger partial charge in [-0.2, -0.15) is 5.26 Å². The number of amides is 1. The lowest BCUT2D eigenvalue weighted by molar-refractivity contribution is -0.117. The molecule has 1 aromatic carbocycles. The molecule has 1 heterocycles. The van der Waals surface area contributed by atoms with Crippen molar-refractivity contribution in [1.82, 2.24) is 4.90 Å². The van der Waals surface area contributed by atoms with Crippen LogP contribution in [0.5, 0.6) is 0 Å². The number of carbonyl (C=O) groups is 1. The number of anilines is 1. The van der Waals surface area contributed by atoms with Crippen LogP contribution in [0.2, 0.25) is 0 Å². The lowest BCUT2D eigenvalue weighted by Crippen LogP contribution is -2.38. The van der Waals surface area contributed by atoms with Crippen molar-refractivity contribution in [3.05, 3.63) is 29.8 Å². The molecule has 0 saturated carbocycles. The number of benzene rings is 1. The van der Waals surface area contributed by atoms with Crippen LogP contribution in [0, 0.1) is 11.3 Å². The Hall–Kier alpha value is -1.90. The maximum absolute atomic E-state index is 12.0. The lowest BCUT2D eigenvalue weighted by atomic mass is 10.1. The Bertz CT molecular complexity index is 493. The van der Waals surface area contributed by atoms with Crippen molar-refractivity contribution in [2.75, 3.05) is 25.0 Å². The SMILES string of the molecule is N#CCc1ccc(NC(=O)CN2CCC[C@H]2CO)cc1. The topological polar surface area (TPSA) is 76.4 Å². The molecule has 5 nitrogen and oxygen atoms in total. The smallest absolute Gasteiger partial charge is 0.238 e. The number of rotatable bonds is 5. The third-order valence-corrected chi connectivity index (χ3v) is 3.58. The number of carbonyl (C=O) groups excluding carboxylic acids is 1. The van der Waals surface area contributed by atoms with Gasteiger partial charge in [0.05, 0.1) is 25.6 Å². The molecular weight excluding hydrogens is 254 g/mol. The van der Waals surface area contributed by atoms with E-state index < -0.39 is 0 Å². The first-order valence-electron chi connectivity index (χ1n) is 6.83. The molecule has 1 saturated heterocycles. The Labute approximate surface area is 118 Å². The predicted molar refractivity (Wildman–Crippen MR) is 76.1 cm³/mol. The van der Waals surface area contributed by atoms with Gasteiger partial charge in [-0.25, -0.2) is 0 Å². The van der Waals surface area contributed by atoms with Gasteiger partial charge >= 0.3 is 0 Å². The number of likely N-dealkylation sites (tertiary alicyclic amines) is 1. The molecule has 2 N–H and O–H groups in total. The maximum atomic E-state index is 12.0. The molecule has 0 aliphatic carbocycles. The van der Waals surface area contributed by atoms with E-state index in [1.165, 1.54) is 0 Å². The van der Waals surface area contributed by atoms with Crippen molar-refractivity contribution in [3.63, 3.8) is 0 Å². The average molecular weight is 273 g/mol. The molecule has 0 bridgehead atoms. The largest absolute Gasteiger partial charge is 0.395 e. The molecule has 1 aromatic rings. The molecular formula is C15H19N3O2. The first-order chi connectivity index (χ1) is 9.72. The number of nitriles is 1. The van der Waals surface area contributed by atoms with Crippen molar-refractivity contribution in [2.24, 2.45) is 0 Å². The van der Waals surface area contributed by atoms with E-state index in [-0.39, 0.29) is 18.6 Å². The highest BCUT2D eigenvalue weighted by atomic mass is 16.3. The van der Waals surface area contributed by atoms with Gasteiger partial charge in [-0.15, -0.1) is 0 Å². The van der Waals surface area contributed by atoms with E-state index in [1.807, 2.05) is 17.0 Å². The van der Waals surface area contributed by atoms with Gasteiger partial charge in [0.1, 0.15) is 0 Å². The minimum absolute atomic E-state index is 0.0709. The quantitative estimate of drug-likeness (QED) is 0.843. The fourth-order valence-electron chi connectivity index (χ4n) is 2.49. The molecule has 1 atom stereocenters. The van der Waals surface area contributed by atoms with Crippen LogP contribution in [-0.2, 0) is 11.2 Å². The van der Waals surface area contributed by atoms with Crippen LogP contribution < -0.4 is 5.32 Å². The molecule has 5 heteroatoms. The maximum Gasteiger partial charge on any atom is 0.238 e. The molecule has 1 aliphatic rings. The van der Waals surface area contributed by atoms with Gasteiger partial charge in [0.2, 0.25) is 5.91 Å². The Balaban J connectivity index is 1.86. The molecule has 20 heavy (non-hydrogen) atoms. The Kier molecular flexibility index (Phi) is 5.10. The first-order valence-corrected chi connectivity index (χ1v) is 6.83. The summed E-state index contributed by atoms with van der Waals surface area (Å²) in [6, 6.07) is 9.48.